The molecule has 0 aliphatic heterocycles. The molecule has 0 saturated carbocycles. The molecule has 0 fully saturated rings. The lowest BCUT2D eigenvalue weighted by Crippen LogP contribution is -2.17. The Hall–Kier alpha value is -3.02. The lowest BCUT2D eigenvalue weighted by atomic mass is 10.0. The van der Waals surface area contributed by atoms with E-state index >= 15 is 0 Å². The molecule has 3 rings (SSSR count). The van der Waals surface area contributed by atoms with Gasteiger partial charge in [0.25, 0.3) is 0 Å². The number of rotatable bonds is 8. The van der Waals surface area contributed by atoms with E-state index in [0.29, 0.717) is 0 Å². The first kappa shape index (κ1) is 19.7. The normalized spacial score (nSPS) is 10.8. The molecule has 1 heterocycles. The van der Waals surface area contributed by atoms with Crippen molar-refractivity contribution < 1.29 is 9.53 Å². The van der Waals surface area contributed by atoms with Crippen molar-refractivity contribution in [1.82, 2.24) is 9.88 Å². The van der Waals surface area contributed by atoms with Gasteiger partial charge in [-0.1, -0.05) is 42.5 Å². The second kappa shape index (κ2) is 9.78. The zero-order chi connectivity index (χ0) is 19.8. The van der Waals surface area contributed by atoms with Gasteiger partial charge in [-0.15, -0.1) is 0 Å². The van der Waals surface area contributed by atoms with Gasteiger partial charge in [-0.25, -0.2) is 0 Å². The summed E-state index contributed by atoms with van der Waals surface area (Å²) in [6, 6.07) is 20.3. The summed E-state index contributed by atoms with van der Waals surface area (Å²) in [7, 11) is 3.62. The van der Waals surface area contributed by atoms with Crippen LogP contribution in [0.3, 0.4) is 0 Å². The molecule has 0 unspecified atom stereocenters. The lowest BCUT2D eigenvalue weighted by molar-refractivity contribution is -0.119. The first-order chi connectivity index (χ1) is 13.7. The third kappa shape index (κ3) is 5.49. The molecule has 5 nitrogen and oxygen atoms in total. The third-order valence-corrected chi connectivity index (χ3v) is 4.40. The Morgan fingerprint density at radius 1 is 0.964 bits per heavy atom. The van der Waals surface area contributed by atoms with E-state index in [-0.39, 0.29) is 12.5 Å². The van der Waals surface area contributed by atoms with Crippen LogP contribution in [0, 0.1) is 0 Å². The van der Waals surface area contributed by atoms with Crippen LogP contribution in [0.4, 0.5) is 5.69 Å². The zero-order valence-corrected chi connectivity index (χ0v) is 16.3. The Kier molecular flexibility index (Phi) is 6.89. The molecule has 1 amide bonds. The monoisotopic (exact) mass is 375 g/mol. The fraction of sp³-hybridized carbons (Fsp3) is 0.217. The van der Waals surface area contributed by atoms with Crippen LogP contribution in [-0.2, 0) is 22.6 Å². The van der Waals surface area contributed by atoms with Crippen molar-refractivity contribution in [2.75, 3.05) is 26.1 Å². The number of pyridine rings is 1. The van der Waals surface area contributed by atoms with Gasteiger partial charge in [0, 0.05) is 43.8 Å². The summed E-state index contributed by atoms with van der Waals surface area (Å²) >= 11 is 0. The number of amides is 1. The maximum Gasteiger partial charge on any atom is 0.250 e. The molecule has 0 spiro atoms. The molecular weight excluding hydrogens is 350 g/mol. The van der Waals surface area contributed by atoms with Gasteiger partial charge in [0.1, 0.15) is 6.61 Å². The second-order valence-corrected chi connectivity index (χ2v) is 6.75. The van der Waals surface area contributed by atoms with Gasteiger partial charge < -0.3 is 10.1 Å². The van der Waals surface area contributed by atoms with Crippen molar-refractivity contribution in [1.29, 1.82) is 0 Å². The molecule has 0 atom stereocenters. The number of carbonyl (C=O) groups is 1. The van der Waals surface area contributed by atoms with E-state index in [1.54, 1.807) is 0 Å². The molecule has 1 aromatic heterocycles. The highest BCUT2D eigenvalue weighted by Crippen LogP contribution is 2.28. The summed E-state index contributed by atoms with van der Waals surface area (Å²) in [6.45, 7) is 1.77. The van der Waals surface area contributed by atoms with Crippen LogP contribution in [0.5, 0.6) is 0 Å². The number of hydrogen-bond acceptors (Lipinski definition) is 4. The number of aromatic nitrogens is 1. The summed E-state index contributed by atoms with van der Waals surface area (Å²) in [5, 5.41) is 2.91. The van der Waals surface area contributed by atoms with Gasteiger partial charge in [0.2, 0.25) is 5.91 Å². The SMILES string of the molecule is COCC(=O)Nc1ccccc1-c1ccc(CN(C)Cc2ccncc2)cc1. The van der Waals surface area contributed by atoms with Crippen LogP contribution in [0.25, 0.3) is 11.1 Å². The van der Waals surface area contributed by atoms with E-state index < -0.39 is 0 Å². The molecule has 144 valence electrons. The number of carbonyl (C=O) groups excluding carboxylic acids is 1. The van der Waals surface area contributed by atoms with E-state index in [9.17, 15) is 4.79 Å². The summed E-state index contributed by atoms with van der Waals surface area (Å²) in [6.07, 6.45) is 3.64. The molecule has 3 aromatic rings. The molecule has 5 heteroatoms. The van der Waals surface area contributed by atoms with Crippen LogP contribution in [0.15, 0.2) is 73.1 Å². The number of ether oxygens (including phenoxy) is 1. The average molecular weight is 375 g/mol. The molecule has 0 saturated heterocycles. The van der Waals surface area contributed by atoms with Crippen LogP contribution < -0.4 is 5.32 Å². The molecule has 28 heavy (non-hydrogen) atoms. The smallest absolute Gasteiger partial charge is 0.250 e. The number of benzene rings is 2. The summed E-state index contributed by atoms with van der Waals surface area (Å²) in [4.78, 5) is 18.2. The van der Waals surface area contributed by atoms with Crippen LogP contribution >= 0.6 is 0 Å². The van der Waals surface area contributed by atoms with E-state index in [4.69, 9.17) is 4.74 Å². The van der Waals surface area contributed by atoms with Crippen molar-refractivity contribution in [2.24, 2.45) is 0 Å². The minimum atomic E-state index is -0.163. The zero-order valence-electron chi connectivity index (χ0n) is 16.3. The van der Waals surface area contributed by atoms with Crippen molar-refractivity contribution in [3.8, 4) is 11.1 Å². The maximum atomic E-state index is 11.9. The number of para-hydroxylation sites is 1. The Bertz CT molecular complexity index is 895. The van der Waals surface area contributed by atoms with Crippen molar-refractivity contribution in [3.05, 3.63) is 84.2 Å². The fourth-order valence-electron chi connectivity index (χ4n) is 3.12. The first-order valence-electron chi connectivity index (χ1n) is 9.20. The molecule has 0 bridgehead atoms. The molecule has 0 aliphatic carbocycles. The number of nitrogens with one attached hydrogen (secondary N) is 1. The Morgan fingerprint density at radius 2 is 1.61 bits per heavy atom. The Labute approximate surface area is 166 Å². The second-order valence-electron chi connectivity index (χ2n) is 6.75. The largest absolute Gasteiger partial charge is 0.375 e. The van der Waals surface area contributed by atoms with Gasteiger partial charge >= 0.3 is 0 Å². The predicted octanol–water partition coefficient (Wildman–Crippen LogP) is 3.97. The predicted molar refractivity (Wildman–Crippen MR) is 112 cm³/mol. The van der Waals surface area contributed by atoms with Crippen molar-refractivity contribution >= 4 is 11.6 Å². The first-order valence-corrected chi connectivity index (χ1v) is 9.20. The molecular formula is C23H25N3O2. The van der Waals surface area contributed by atoms with Crippen LogP contribution in [0.2, 0.25) is 0 Å². The summed E-state index contributed by atoms with van der Waals surface area (Å²) < 4.78 is 4.90. The van der Waals surface area contributed by atoms with E-state index in [2.05, 4.69) is 46.5 Å². The third-order valence-electron chi connectivity index (χ3n) is 4.40. The highest BCUT2D eigenvalue weighted by molar-refractivity contribution is 5.96. The molecule has 0 aliphatic rings. The van der Waals surface area contributed by atoms with Gasteiger partial charge in [-0.05, 0) is 41.9 Å². The van der Waals surface area contributed by atoms with Crippen molar-refractivity contribution in [2.45, 2.75) is 13.1 Å². The fourth-order valence-corrected chi connectivity index (χ4v) is 3.12. The minimum absolute atomic E-state index is 0.0388. The lowest BCUT2D eigenvalue weighted by Gasteiger charge is -2.17. The van der Waals surface area contributed by atoms with Gasteiger partial charge in [-0.3, -0.25) is 14.7 Å². The standard InChI is InChI=1S/C23H25N3O2/c1-26(16-19-11-13-24-14-12-19)15-18-7-9-20(10-8-18)21-5-3-4-6-22(21)25-23(27)17-28-2/h3-14H,15-17H2,1-2H3,(H,25,27). The number of hydrogen-bond donors (Lipinski definition) is 1. The Morgan fingerprint density at radius 3 is 2.29 bits per heavy atom. The molecule has 2 aromatic carbocycles. The summed E-state index contributed by atoms with van der Waals surface area (Å²) in [5.41, 5.74) is 5.32. The number of methoxy groups -OCH3 is 1. The van der Waals surface area contributed by atoms with Crippen molar-refractivity contribution in [3.63, 3.8) is 0 Å². The van der Waals surface area contributed by atoms with E-state index in [1.807, 2.05) is 48.8 Å². The minimum Gasteiger partial charge on any atom is -0.375 e. The van der Waals surface area contributed by atoms with Crippen LogP contribution in [0.1, 0.15) is 11.1 Å². The van der Waals surface area contributed by atoms with Crippen LogP contribution in [-0.4, -0.2) is 36.6 Å². The van der Waals surface area contributed by atoms with Gasteiger partial charge in [-0.2, -0.15) is 0 Å². The highest BCUT2D eigenvalue weighted by atomic mass is 16.5. The van der Waals surface area contributed by atoms with Gasteiger partial charge in [0.15, 0.2) is 0 Å². The van der Waals surface area contributed by atoms with Gasteiger partial charge in [0.05, 0.1) is 0 Å². The quantitative estimate of drug-likeness (QED) is 0.647. The Balaban J connectivity index is 1.68. The maximum absolute atomic E-state index is 11.9. The average Bonchev–Trinajstić information content (AvgIpc) is 2.70. The molecule has 0 radical (unpaired) electrons. The molecule has 1 N–H and O–H groups in total. The summed E-state index contributed by atoms with van der Waals surface area (Å²) in [5.74, 6) is -0.163. The number of nitrogens with zero attached hydrogens (tertiary/aromatic N) is 2. The highest BCUT2D eigenvalue weighted by Gasteiger charge is 2.09. The number of anilines is 1. The van der Waals surface area contributed by atoms with E-state index in [0.717, 1.165) is 29.9 Å². The van der Waals surface area contributed by atoms with E-state index in [1.165, 1.54) is 18.2 Å². The topological polar surface area (TPSA) is 54.5 Å².